The van der Waals surface area contributed by atoms with E-state index in [1.54, 1.807) is 0 Å². The molecule has 1 aliphatic heterocycles. The van der Waals surface area contributed by atoms with E-state index in [1.807, 2.05) is 59.5 Å². The molecule has 2 aromatic rings. The molecule has 1 heterocycles. The van der Waals surface area contributed by atoms with Crippen LogP contribution in [0, 0.1) is 0 Å². The molecule has 0 saturated carbocycles. The van der Waals surface area contributed by atoms with Crippen LogP contribution < -0.4 is 15.8 Å². The summed E-state index contributed by atoms with van der Waals surface area (Å²) in [7, 11) is 0. The number of nitrogens with two attached hydrogens (primary N) is 1. The molecule has 1 fully saturated rings. The highest BCUT2D eigenvalue weighted by Gasteiger charge is 2.19. The average molecular weight is 396 g/mol. The first-order valence-electron chi connectivity index (χ1n) is 10.2. The lowest BCUT2D eigenvalue weighted by Gasteiger charge is -2.16. The van der Waals surface area contributed by atoms with Gasteiger partial charge in [0.1, 0.15) is 12.4 Å². The lowest BCUT2D eigenvalue weighted by molar-refractivity contribution is -0.127. The summed E-state index contributed by atoms with van der Waals surface area (Å²) in [5.74, 6) is 0.832. The Morgan fingerprint density at radius 3 is 2.55 bits per heavy atom. The van der Waals surface area contributed by atoms with E-state index >= 15 is 0 Å². The van der Waals surface area contributed by atoms with Crippen LogP contribution in [-0.4, -0.2) is 42.4 Å². The average Bonchev–Trinajstić information content (AvgIpc) is 3.16. The number of ether oxygens (including phenoxy) is 1. The molecule has 6 heteroatoms. The van der Waals surface area contributed by atoms with E-state index in [4.69, 9.17) is 10.5 Å². The molecular weight excluding hydrogens is 366 g/mol. The summed E-state index contributed by atoms with van der Waals surface area (Å²) in [4.78, 5) is 25.6. The first kappa shape index (κ1) is 20.9. The smallest absolute Gasteiger partial charge is 0.237 e. The molecule has 29 heavy (non-hydrogen) atoms. The third-order valence-corrected chi connectivity index (χ3v) is 5.04. The van der Waals surface area contributed by atoms with Crippen molar-refractivity contribution in [1.82, 2.24) is 10.2 Å². The number of amides is 2. The van der Waals surface area contributed by atoms with Crippen molar-refractivity contribution in [2.24, 2.45) is 5.73 Å². The molecule has 0 aliphatic carbocycles. The summed E-state index contributed by atoms with van der Waals surface area (Å²) in [5, 5.41) is 2.86. The van der Waals surface area contributed by atoms with Gasteiger partial charge in [-0.1, -0.05) is 42.5 Å². The summed E-state index contributed by atoms with van der Waals surface area (Å²) in [6.07, 6.45) is 2.80. The first-order chi connectivity index (χ1) is 14.1. The van der Waals surface area contributed by atoms with Gasteiger partial charge in [0.05, 0.1) is 6.04 Å². The van der Waals surface area contributed by atoms with Crippen LogP contribution >= 0.6 is 0 Å². The van der Waals surface area contributed by atoms with Crippen LogP contribution in [0.15, 0.2) is 54.6 Å². The largest absolute Gasteiger partial charge is 0.489 e. The highest BCUT2D eigenvalue weighted by molar-refractivity contribution is 5.81. The molecule has 0 spiro atoms. The molecule has 1 unspecified atom stereocenters. The Kier molecular flexibility index (Phi) is 7.64. The highest BCUT2D eigenvalue weighted by atomic mass is 16.5. The number of hydrogen-bond donors (Lipinski definition) is 2. The van der Waals surface area contributed by atoms with Crippen LogP contribution in [0.2, 0.25) is 0 Å². The fraction of sp³-hybridized carbons (Fsp3) is 0.391. The molecule has 2 amide bonds. The van der Waals surface area contributed by atoms with Gasteiger partial charge in [0, 0.05) is 26.1 Å². The zero-order valence-electron chi connectivity index (χ0n) is 16.7. The molecule has 0 radical (unpaired) electrons. The van der Waals surface area contributed by atoms with Crippen molar-refractivity contribution in [3.8, 4) is 5.75 Å². The highest BCUT2D eigenvalue weighted by Crippen LogP contribution is 2.15. The summed E-state index contributed by atoms with van der Waals surface area (Å²) in [5.41, 5.74) is 8.14. The molecule has 1 saturated heterocycles. The molecule has 2 aromatic carbocycles. The lowest BCUT2D eigenvalue weighted by atomic mass is 10.1. The van der Waals surface area contributed by atoms with Crippen molar-refractivity contribution < 1.29 is 14.3 Å². The minimum atomic E-state index is -0.598. The van der Waals surface area contributed by atoms with Crippen LogP contribution in [-0.2, 0) is 22.6 Å². The van der Waals surface area contributed by atoms with Gasteiger partial charge in [0.15, 0.2) is 0 Å². The summed E-state index contributed by atoms with van der Waals surface area (Å²) in [6, 6.07) is 17.1. The fourth-order valence-electron chi connectivity index (χ4n) is 3.36. The topological polar surface area (TPSA) is 84.7 Å². The van der Waals surface area contributed by atoms with Gasteiger partial charge in [-0.15, -0.1) is 0 Å². The van der Waals surface area contributed by atoms with Gasteiger partial charge in [0.25, 0.3) is 0 Å². The van der Waals surface area contributed by atoms with E-state index in [0.717, 1.165) is 36.3 Å². The maximum atomic E-state index is 12.2. The number of hydrogen-bond acceptors (Lipinski definition) is 4. The van der Waals surface area contributed by atoms with E-state index < -0.39 is 6.04 Å². The predicted molar refractivity (Wildman–Crippen MR) is 112 cm³/mol. The molecule has 0 bridgehead atoms. The van der Waals surface area contributed by atoms with Gasteiger partial charge in [0.2, 0.25) is 11.8 Å². The molecule has 6 nitrogen and oxygen atoms in total. The van der Waals surface area contributed by atoms with Crippen molar-refractivity contribution in [3.05, 3.63) is 65.7 Å². The van der Waals surface area contributed by atoms with Crippen LogP contribution in [0.5, 0.6) is 5.75 Å². The van der Waals surface area contributed by atoms with Crippen LogP contribution in [0.25, 0.3) is 0 Å². The Morgan fingerprint density at radius 1 is 1.10 bits per heavy atom. The summed E-state index contributed by atoms with van der Waals surface area (Å²) >= 11 is 0. The normalized spacial score (nSPS) is 14.7. The number of benzene rings is 2. The van der Waals surface area contributed by atoms with Crippen molar-refractivity contribution in [3.63, 3.8) is 0 Å². The van der Waals surface area contributed by atoms with Gasteiger partial charge in [-0.05, 0) is 42.5 Å². The third-order valence-electron chi connectivity index (χ3n) is 5.04. The van der Waals surface area contributed by atoms with Crippen LogP contribution in [0.3, 0.4) is 0 Å². The van der Waals surface area contributed by atoms with Gasteiger partial charge in [-0.2, -0.15) is 0 Å². The van der Waals surface area contributed by atoms with E-state index in [9.17, 15) is 9.59 Å². The minimum absolute atomic E-state index is 0.165. The van der Waals surface area contributed by atoms with E-state index in [-0.39, 0.29) is 11.8 Å². The van der Waals surface area contributed by atoms with Crippen molar-refractivity contribution >= 4 is 11.8 Å². The van der Waals surface area contributed by atoms with Gasteiger partial charge < -0.3 is 20.7 Å². The van der Waals surface area contributed by atoms with Crippen LogP contribution in [0.1, 0.15) is 30.4 Å². The number of carbonyl (C=O) groups is 2. The van der Waals surface area contributed by atoms with Gasteiger partial charge in [-0.25, -0.2) is 0 Å². The number of nitrogens with zero attached hydrogens (tertiary/aromatic N) is 1. The summed E-state index contributed by atoms with van der Waals surface area (Å²) < 4.78 is 5.78. The predicted octanol–water partition coefficient (Wildman–Crippen LogP) is 2.26. The second kappa shape index (κ2) is 10.6. The van der Waals surface area contributed by atoms with Crippen LogP contribution in [0.4, 0.5) is 0 Å². The molecule has 1 atom stereocenters. The Labute approximate surface area is 172 Å². The zero-order valence-corrected chi connectivity index (χ0v) is 16.7. The maximum Gasteiger partial charge on any atom is 0.237 e. The number of nitrogens with one attached hydrogen (secondary N) is 1. The lowest BCUT2D eigenvalue weighted by Crippen LogP contribution is -2.42. The van der Waals surface area contributed by atoms with E-state index in [0.29, 0.717) is 32.5 Å². The maximum absolute atomic E-state index is 12.2. The third kappa shape index (κ3) is 6.61. The summed E-state index contributed by atoms with van der Waals surface area (Å²) in [6.45, 7) is 2.57. The molecule has 154 valence electrons. The second-order valence-corrected chi connectivity index (χ2v) is 7.36. The first-order valence-corrected chi connectivity index (χ1v) is 10.2. The zero-order chi connectivity index (χ0) is 20.5. The Bertz CT molecular complexity index is 793. The Morgan fingerprint density at radius 2 is 1.86 bits per heavy atom. The monoisotopic (exact) mass is 395 g/mol. The Balaban J connectivity index is 1.36. The van der Waals surface area contributed by atoms with E-state index in [2.05, 4.69) is 5.32 Å². The molecule has 0 aromatic heterocycles. The standard InChI is InChI=1S/C23H29N3O3/c24-21(23(28)25-13-5-15-26-14-4-8-22(26)27)16-18-9-11-20(12-10-18)29-17-19-6-2-1-3-7-19/h1-3,6-7,9-12,21H,4-5,8,13-17,24H2,(H,25,28). The fourth-order valence-corrected chi connectivity index (χ4v) is 3.36. The molecule has 3 rings (SSSR count). The molecular formula is C23H29N3O3. The van der Waals surface area contributed by atoms with Gasteiger partial charge >= 0.3 is 0 Å². The Hall–Kier alpha value is -2.86. The van der Waals surface area contributed by atoms with Crippen molar-refractivity contribution in [1.29, 1.82) is 0 Å². The second-order valence-electron chi connectivity index (χ2n) is 7.36. The van der Waals surface area contributed by atoms with Crippen molar-refractivity contribution in [2.75, 3.05) is 19.6 Å². The molecule has 3 N–H and O–H groups in total. The number of carbonyl (C=O) groups excluding carboxylic acids is 2. The quantitative estimate of drug-likeness (QED) is 0.605. The molecule has 1 aliphatic rings. The SMILES string of the molecule is NC(Cc1ccc(OCc2ccccc2)cc1)C(=O)NCCCN1CCCC1=O. The number of rotatable bonds is 10. The van der Waals surface area contributed by atoms with E-state index in [1.165, 1.54) is 0 Å². The van der Waals surface area contributed by atoms with Gasteiger partial charge in [-0.3, -0.25) is 9.59 Å². The van der Waals surface area contributed by atoms with Crippen molar-refractivity contribution in [2.45, 2.75) is 38.3 Å². The number of likely N-dealkylation sites (tertiary alicyclic amines) is 1. The minimum Gasteiger partial charge on any atom is -0.489 e.